The van der Waals surface area contributed by atoms with Crippen molar-refractivity contribution >= 4 is 45.4 Å². The summed E-state index contributed by atoms with van der Waals surface area (Å²) >= 11 is 7.00. The van der Waals surface area contributed by atoms with E-state index in [1.165, 1.54) is 11.3 Å². The summed E-state index contributed by atoms with van der Waals surface area (Å²) in [5.74, 6) is -0.139. The van der Waals surface area contributed by atoms with Crippen LogP contribution in [0.25, 0.3) is 11.3 Å². The molecule has 1 amide bonds. The SMILES string of the molecule is CC(C)(C)NC(=S)N(CC(=O)Nc1ccc(-c2csc(N)n2)cc1)Cc1ccccc1. The third-order valence-corrected chi connectivity index (χ3v) is 5.34. The molecule has 0 radical (unpaired) electrons. The molecule has 3 rings (SSSR count). The molecule has 0 aliphatic carbocycles. The smallest absolute Gasteiger partial charge is 0.243 e. The predicted molar refractivity (Wildman–Crippen MR) is 133 cm³/mol. The van der Waals surface area contributed by atoms with Crippen LogP contribution < -0.4 is 16.4 Å². The molecule has 0 saturated heterocycles. The molecule has 2 aromatic carbocycles. The molecular weight excluding hydrogens is 426 g/mol. The monoisotopic (exact) mass is 453 g/mol. The summed E-state index contributed by atoms with van der Waals surface area (Å²) in [5.41, 5.74) is 9.08. The van der Waals surface area contributed by atoms with Gasteiger partial charge in [-0.1, -0.05) is 42.5 Å². The van der Waals surface area contributed by atoms with E-state index in [4.69, 9.17) is 18.0 Å². The molecule has 1 heterocycles. The molecule has 0 aliphatic rings. The fourth-order valence-corrected chi connectivity index (χ4v) is 3.93. The number of thiazole rings is 1. The third-order valence-electron chi connectivity index (χ3n) is 4.31. The quantitative estimate of drug-likeness (QED) is 0.477. The van der Waals surface area contributed by atoms with Gasteiger partial charge in [-0.25, -0.2) is 4.98 Å². The molecule has 31 heavy (non-hydrogen) atoms. The molecule has 0 aliphatic heterocycles. The fourth-order valence-electron chi connectivity index (χ4n) is 2.92. The third kappa shape index (κ3) is 7.04. The van der Waals surface area contributed by atoms with Crippen molar-refractivity contribution in [3.63, 3.8) is 0 Å². The molecule has 0 atom stereocenters. The maximum Gasteiger partial charge on any atom is 0.243 e. The molecule has 0 unspecified atom stereocenters. The Morgan fingerprint density at radius 1 is 1.13 bits per heavy atom. The number of aromatic nitrogens is 1. The van der Waals surface area contributed by atoms with Gasteiger partial charge in [0.05, 0.1) is 12.2 Å². The zero-order valence-electron chi connectivity index (χ0n) is 17.9. The molecule has 8 heteroatoms. The van der Waals surface area contributed by atoms with E-state index in [-0.39, 0.29) is 18.0 Å². The van der Waals surface area contributed by atoms with Gasteiger partial charge >= 0.3 is 0 Å². The van der Waals surface area contributed by atoms with Gasteiger partial charge in [-0.2, -0.15) is 0 Å². The molecule has 1 aromatic heterocycles. The number of hydrogen-bond acceptors (Lipinski definition) is 5. The average Bonchev–Trinajstić information content (AvgIpc) is 3.14. The van der Waals surface area contributed by atoms with Gasteiger partial charge < -0.3 is 21.3 Å². The number of thiocarbonyl (C=S) groups is 1. The van der Waals surface area contributed by atoms with Crippen LogP contribution in [0.2, 0.25) is 0 Å². The standard InChI is InChI=1S/C23H27N5OS2/c1-23(2,3)27-22(30)28(13-16-7-5-4-6-8-16)14-20(29)25-18-11-9-17(10-12-18)19-15-31-21(24)26-19/h4-12,15H,13-14H2,1-3H3,(H2,24,26)(H,25,29)(H,27,30). The fraction of sp³-hybridized carbons (Fsp3) is 0.261. The highest BCUT2D eigenvalue weighted by Gasteiger charge is 2.19. The first-order chi connectivity index (χ1) is 14.7. The Kier molecular flexibility index (Phi) is 7.25. The maximum atomic E-state index is 12.8. The largest absolute Gasteiger partial charge is 0.375 e. The van der Waals surface area contributed by atoms with Crippen LogP contribution in [0.1, 0.15) is 26.3 Å². The maximum absolute atomic E-state index is 12.8. The molecule has 0 saturated carbocycles. The lowest BCUT2D eigenvalue weighted by Gasteiger charge is -2.31. The van der Waals surface area contributed by atoms with Crippen LogP contribution in [-0.4, -0.2) is 33.0 Å². The zero-order chi connectivity index (χ0) is 22.4. The van der Waals surface area contributed by atoms with Crippen LogP contribution in [0, 0.1) is 0 Å². The first-order valence-corrected chi connectivity index (χ1v) is 11.2. The van der Waals surface area contributed by atoms with E-state index in [9.17, 15) is 4.79 Å². The number of carbonyl (C=O) groups is 1. The van der Waals surface area contributed by atoms with E-state index >= 15 is 0 Å². The van der Waals surface area contributed by atoms with Crippen molar-refractivity contribution in [3.8, 4) is 11.3 Å². The normalized spacial score (nSPS) is 11.1. The van der Waals surface area contributed by atoms with Gasteiger partial charge in [0.1, 0.15) is 0 Å². The number of carbonyl (C=O) groups excluding carboxylic acids is 1. The van der Waals surface area contributed by atoms with E-state index in [0.29, 0.717) is 22.5 Å². The summed E-state index contributed by atoms with van der Waals surface area (Å²) in [6, 6.07) is 17.5. The van der Waals surface area contributed by atoms with Crippen molar-refractivity contribution in [1.29, 1.82) is 0 Å². The molecule has 0 bridgehead atoms. The van der Waals surface area contributed by atoms with Gasteiger partial charge in [-0.3, -0.25) is 4.79 Å². The van der Waals surface area contributed by atoms with E-state index < -0.39 is 0 Å². The molecule has 162 valence electrons. The second-order valence-corrected chi connectivity index (χ2v) is 9.49. The summed E-state index contributed by atoms with van der Waals surface area (Å²) in [5, 5.41) is 9.23. The molecule has 4 N–H and O–H groups in total. The summed E-state index contributed by atoms with van der Waals surface area (Å²) < 4.78 is 0. The van der Waals surface area contributed by atoms with Gasteiger partial charge in [-0.15, -0.1) is 11.3 Å². The number of nitrogen functional groups attached to an aromatic ring is 1. The lowest BCUT2D eigenvalue weighted by Crippen LogP contribution is -2.50. The number of hydrogen-bond donors (Lipinski definition) is 3. The van der Waals surface area contributed by atoms with Crippen molar-refractivity contribution in [2.24, 2.45) is 0 Å². The van der Waals surface area contributed by atoms with E-state index in [1.807, 2.05) is 85.6 Å². The number of nitrogens with zero attached hydrogens (tertiary/aromatic N) is 2. The van der Waals surface area contributed by atoms with E-state index in [1.54, 1.807) is 0 Å². The Labute approximate surface area is 192 Å². The summed E-state index contributed by atoms with van der Waals surface area (Å²) in [6.45, 7) is 6.80. The van der Waals surface area contributed by atoms with Crippen molar-refractivity contribution in [3.05, 3.63) is 65.5 Å². The topological polar surface area (TPSA) is 83.3 Å². The van der Waals surface area contributed by atoms with Crippen LogP contribution in [-0.2, 0) is 11.3 Å². The van der Waals surface area contributed by atoms with Gasteiger partial charge in [0.25, 0.3) is 0 Å². The average molecular weight is 454 g/mol. The number of anilines is 2. The van der Waals surface area contributed by atoms with Gasteiger partial charge in [0.15, 0.2) is 10.2 Å². The van der Waals surface area contributed by atoms with Crippen LogP contribution in [0.4, 0.5) is 10.8 Å². The summed E-state index contributed by atoms with van der Waals surface area (Å²) in [4.78, 5) is 18.9. The van der Waals surface area contributed by atoms with Crippen LogP contribution >= 0.6 is 23.6 Å². The van der Waals surface area contributed by atoms with Crippen molar-refractivity contribution in [1.82, 2.24) is 15.2 Å². The lowest BCUT2D eigenvalue weighted by atomic mass is 10.1. The first kappa shape index (κ1) is 22.7. The minimum absolute atomic E-state index is 0.139. The number of benzene rings is 2. The number of nitrogens with two attached hydrogens (primary N) is 1. The Morgan fingerprint density at radius 3 is 2.39 bits per heavy atom. The molecule has 0 spiro atoms. The van der Waals surface area contributed by atoms with E-state index in [2.05, 4.69) is 15.6 Å². The Balaban J connectivity index is 1.67. The second kappa shape index (κ2) is 9.89. The number of nitrogens with one attached hydrogen (secondary N) is 2. The van der Waals surface area contributed by atoms with Gasteiger partial charge in [0, 0.05) is 28.7 Å². The highest BCUT2D eigenvalue weighted by Crippen LogP contribution is 2.24. The molecule has 6 nitrogen and oxygen atoms in total. The lowest BCUT2D eigenvalue weighted by molar-refractivity contribution is -0.116. The Hall–Kier alpha value is -2.97. The van der Waals surface area contributed by atoms with Crippen LogP contribution in [0.3, 0.4) is 0 Å². The molecular formula is C23H27N5OS2. The van der Waals surface area contributed by atoms with Crippen molar-refractivity contribution in [2.75, 3.05) is 17.6 Å². The number of amides is 1. The molecule has 0 fully saturated rings. The summed E-state index contributed by atoms with van der Waals surface area (Å²) in [6.07, 6.45) is 0. The Morgan fingerprint density at radius 2 is 1.81 bits per heavy atom. The second-order valence-electron chi connectivity index (χ2n) is 8.22. The highest BCUT2D eigenvalue weighted by atomic mass is 32.1. The van der Waals surface area contributed by atoms with Crippen LogP contribution in [0.15, 0.2) is 60.0 Å². The highest BCUT2D eigenvalue weighted by molar-refractivity contribution is 7.80. The van der Waals surface area contributed by atoms with E-state index in [0.717, 1.165) is 16.8 Å². The predicted octanol–water partition coefficient (Wildman–Crippen LogP) is 4.51. The summed E-state index contributed by atoms with van der Waals surface area (Å²) in [7, 11) is 0. The van der Waals surface area contributed by atoms with Gasteiger partial charge in [-0.05, 0) is 50.7 Å². The minimum atomic E-state index is -0.197. The van der Waals surface area contributed by atoms with Gasteiger partial charge in [0.2, 0.25) is 5.91 Å². The van der Waals surface area contributed by atoms with Crippen molar-refractivity contribution in [2.45, 2.75) is 32.9 Å². The first-order valence-electron chi connectivity index (χ1n) is 9.92. The zero-order valence-corrected chi connectivity index (χ0v) is 19.5. The Bertz CT molecular complexity index is 1030. The van der Waals surface area contributed by atoms with Crippen molar-refractivity contribution < 1.29 is 4.79 Å². The molecule has 3 aromatic rings. The van der Waals surface area contributed by atoms with Crippen LogP contribution in [0.5, 0.6) is 0 Å². The minimum Gasteiger partial charge on any atom is -0.375 e. The number of rotatable bonds is 6.